The Morgan fingerprint density at radius 1 is 0.429 bits per heavy atom. The van der Waals surface area contributed by atoms with Crippen LogP contribution in [0.5, 0.6) is 0 Å². The van der Waals surface area contributed by atoms with Gasteiger partial charge in [-0.2, -0.15) is 0 Å². The molecular weight excluding hydrogens is 2090 g/mol. The number of halogens is 5. The van der Waals surface area contributed by atoms with E-state index >= 15 is 0 Å². The topological polar surface area (TPSA) is 649 Å². The number of rotatable bonds is 10. The molecule has 0 spiro atoms. The van der Waals surface area contributed by atoms with E-state index in [2.05, 4.69) is 248 Å². The minimum Gasteiger partial charge on any atom is -0.381 e. The summed E-state index contributed by atoms with van der Waals surface area (Å²) in [5.74, 6) is 11.5. The summed E-state index contributed by atoms with van der Waals surface area (Å²) in [6.45, 7) is 11.6. The Morgan fingerprint density at radius 2 is 0.810 bits per heavy atom. The molecule has 18 aromatic heterocycles. The van der Waals surface area contributed by atoms with E-state index in [1.807, 2.05) is 35.9 Å². The molecule has 18 heterocycles. The van der Waals surface area contributed by atoms with Gasteiger partial charge in [-0.25, -0.2) is 153 Å². The molecule has 0 aromatic carbocycles. The van der Waals surface area contributed by atoms with Crippen LogP contribution in [0, 0.1) is 25.3 Å². The van der Waals surface area contributed by atoms with Crippen LogP contribution >= 0.6 is 79.6 Å². The van der Waals surface area contributed by atoms with Crippen LogP contribution in [0.15, 0.2) is 165 Å². The van der Waals surface area contributed by atoms with Gasteiger partial charge >= 0.3 is 0 Å². The van der Waals surface area contributed by atoms with E-state index in [1.54, 1.807) is 67.4 Å². The van der Waals surface area contributed by atoms with Crippen LogP contribution in [0.1, 0.15) is 24.3 Å². The number of nitrogen functional groups attached to an aromatic ring is 3. The van der Waals surface area contributed by atoms with Gasteiger partial charge in [0.05, 0.1) is 98.1 Å². The molecule has 1 amide bonds. The number of nitrogens with zero attached hydrogens (tertiary/aromatic N) is 27. The van der Waals surface area contributed by atoms with E-state index < -0.39 is 58.2 Å². The SMILES string of the molecule is Brc1cnc2[nH]ccc2n1.CC(=O)NNc1cnc2c(ccn2S(C)(=O)=O)n1.CNNc1cnc2c(ccn2S(C)(=O)=O)n1.CS(=O)(=O)n1ccc2nc(Br)cnc21.CS(=O)(=O)n1ccc2nc(NN)cnc21.C[Si](C)(C)C#Cc1nc(Br)cnc1N.Cc1nnc2cnc3[nH]ccc3n12.Cc1nnc2cnc3c(ccn3S(C)(=O)=O)n12.Nc1ncc(Br)nc1Br. The second-order valence-corrected chi connectivity index (χ2v) is 44.6. The van der Waals surface area contributed by atoms with Gasteiger partial charge < -0.3 is 32.3 Å². The molecule has 0 radical (unpaired) electrons. The first-order valence-electron chi connectivity index (χ1n) is 35.2. The van der Waals surface area contributed by atoms with E-state index in [9.17, 15) is 46.9 Å². The summed E-state index contributed by atoms with van der Waals surface area (Å²) in [6.07, 6.45) is 30.0. The van der Waals surface area contributed by atoms with Crippen molar-refractivity contribution in [1.82, 2.24) is 150 Å². The van der Waals surface area contributed by atoms with Crippen LogP contribution in [0.3, 0.4) is 0 Å². The fourth-order valence-electron chi connectivity index (χ4n) is 10.3. The van der Waals surface area contributed by atoms with Crippen molar-refractivity contribution in [1.29, 1.82) is 0 Å². The van der Waals surface area contributed by atoms with Gasteiger partial charge in [0.25, 0.3) is 0 Å². The number of carbonyl (C=O) groups is 1. The number of fused-ring (bicyclic) bond motifs is 11. The molecule has 48 nitrogen and oxygen atoms in total. The Morgan fingerprint density at radius 3 is 1.29 bits per heavy atom. The summed E-state index contributed by atoms with van der Waals surface area (Å²) in [6, 6.07) is 11.8. The van der Waals surface area contributed by atoms with Crippen LogP contribution in [0.2, 0.25) is 19.6 Å². The molecule has 0 atom stereocenters. The number of nitrogens with two attached hydrogens (primary N) is 3. The number of nitrogens with one attached hydrogen (secondary N) is 7. The molecule has 0 unspecified atom stereocenters. The second kappa shape index (κ2) is 40.4. The van der Waals surface area contributed by atoms with Gasteiger partial charge in [0.15, 0.2) is 85.6 Å². The van der Waals surface area contributed by atoms with E-state index in [1.165, 1.54) is 75.0 Å². The molecule has 126 heavy (non-hydrogen) atoms. The molecule has 0 fully saturated rings. The zero-order valence-electron chi connectivity index (χ0n) is 67.5. The van der Waals surface area contributed by atoms with Crippen LogP contribution in [0.25, 0.3) is 89.4 Å². The fourth-order valence-corrected chi connectivity index (χ4v) is 16.2. The second-order valence-electron chi connectivity index (χ2n) is 26.5. The van der Waals surface area contributed by atoms with Gasteiger partial charge in [0, 0.05) is 57.3 Å². The molecule has 13 N–H and O–H groups in total. The normalized spacial score (nSPS) is 11.5. The number of carbonyl (C=O) groups excluding carboxylic acids is 1. The van der Waals surface area contributed by atoms with Crippen molar-refractivity contribution < 1.29 is 46.9 Å². The maximum absolute atomic E-state index is 11.5. The molecule has 59 heteroatoms. The van der Waals surface area contributed by atoms with Gasteiger partial charge in [-0.05, 0) is 136 Å². The number of anilines is 5. The fraction of sp³-hybridized carbons (Fsp3) is 0.179. The molecule has 0 bridgehead atoms. The summed E-state index contributed by atoms with van der Waals surface area (Å²) in [5, 5.41) is 15.8. The van der Waals surface area contributed by atoms with Crippen molar-refractivity contribution in [2.75, 3.05) is 66.1 Å². The lowest BCUT2D eigenvalue weighted by Crippen LogP contribution is -2.27. The summed E-state index contributed by atoms with van der Waals surface area (Å²) in [7, 11) is -16.4. The zero-order valence-corrected chi connectivity index (χ0v) is 80.5. The van der Waals surface area contributed by atoms with Crippen LogP contribution < -0.4 is 44.4 Å². The predicted molar refractivity (Wildman–Crippen MR) is 493 cm³/mol. The Kier molecular flexibility index (Phi) is 30.8. The molecule has 0 saturated carbocycles. The van der Waals surface area contributed by atoms with Gasteiger partial charge in [0.1, 0.15) is 70.3 Å². The minimum atomic E-state index is -3.40. The van der Waals surface area contributed by atoms with Gasteiger partial charge in [0.2, 0.25) is 56.0 Å². The minimum absolute atomic E-state index is 0.242. The lowest BCUT2D eigenvalue weighted by molar-refractivity contribution is -0.118. The highest BCUT2D eigenvalue weighted by Gasteiger charge is 2.19. The number of hydrogen-bond acceptors (Lipinski definition) is 38. The zero-order chi connectivity index (χ0) is 92.1. The molecular formula is C67H72Br5N37O11S5Si. The Bertz CT molecular complexity index is 7740. The van der Waals surface area contributed by atoms with Crippen molar-refractivity contribution in [3.05, 3.63) is 182 Å². The summed E-state index contributed by atoms with van der Waals surface area (Å²) in [5.41, 5.74) is 36.6. The molecule has 18 aromatic rings. The summed E-state index contributed by atoms with van der Waals surface area (Å²) < 4.78 is 126. The number of amides is 1. The molecule has 0 aliphatic heterocycles. The molecule has 0 aliphatic carbocycles. The molecule has 18 rings (SSSR count). The standard InChI is InChI=1S/C9H12BrN3Si.C9H11N5O3S.C9H9N5O2S.C8H11N5O2S.C8H7N5.C7H6BrN3O2S.C7H9N5O2S.C6H4BrN3.C4H3Br2N3/c1-14(2,3)5-4-7-9(11)12-6-8(10)13-7;1-6(15)12-13-8-5-10-9-7(11-8)3-4-14(9)18(2,16)17;1-6-11-12-8-5-10-9-7(14(6)8)3-4-13(9)17(2,15)16;1-9-12-7-5-10-8-6(11-7)3-4-13(8)16(2,14)15;1-5-11-12-7-4-10-8-6(13(5)7)2-3-9-8;1-14(12,13)11-3-2-5-7(11)9-4-6(8)10-5;1-15(13,14)12-3-2-5-7(12)9-4-6(10-5)11-8;7-5-3-9-6-4(10-5)1-2-8-6;5-2-1-8-4(7)3(6)9-2/h6H,1-3H3,(H2,11,12);3-5H,1-2H3,(H,11,13)(H,12,15);3-5H,1-2H3;3-5,9H,1-2H3,(H,11,12);2-4,9H,1H3;2-4H,1H3;2-4H,8H2,1H3,(H,10,11);1-3H,(H,8,9);1H,(H2,7,8). The largest absolute Gasteiger partial charge is 0.381 e. The number of hydrazine groups is 3. The third-order valence-electron chi connectivity index (χ3n) is 15.5. The highest BCUT2D eigenvalue weighted by Crippen LogP contribution is 2.23. The third kappa shape index (κ3) is 25.1. The Hall–Kier alpha value is -12.2. The van der Waals surface area contributed by atoms with E-state index in [-0.39, 0.29) is 17.2 Å². The van der Waals surface area contributed by atoms with Crippen molar-refractivity contribution >= 4 is 262 Å². The number of aromatic nitrogens is 29. The number of H-pyrrole nitrogens is 2. The van der Waals surface area contributed by atoms with Crippen molar-refractivity contribution in [2.45, 2.75) is 40.4 Å². The van der Waals surface area contributed by atoms with Gasteiger partial charge in [-0.3, -0.25) is 24.4 Å². The number of aryl methyl sites for hydroxylation is 2. The van der Waals surface area contributed by atoms with Gasteiger partial charge in [-0.1, -0.05) is 25.6 Å². The average Bonchev–Trinajstić information content (AvgIpc) is 1.60. The maximum atomic E-state index is 11.5. The first kappa shape index (κ1) is 96.0. The quantitative estimate of drug-likeness (QED) is 0.0303. The lowest BCUT2D eigenvalue weighted by Gasteiger charge is -2.05. The smallest absolute Gasteiger partial charge is 0.237 e. The predicted octanol–water partition coefficient (Wildman–Crippen LogP) is 6.48. The highest BCUT2D eigenvalue weighted by molar-refractivity contribution is 9.11. The Balaban J connectivity index is 0.000000149. The maximum Gasteiger partial charge on any atom is 0.237 e. The van der Waals surface area contributed by atoms with Crippen molar-refractivity contribution in [2.24, 2.45) is 5.84 Å². The number of aromatic amines is 2. The lowest BCUT2D eigenvalue weighted by atomic mass is 10.4. The molecule has 0 saturated heterocycles. The third-order valence-corrected chi connectivity index (χ3v) is 23.6. The highest BCUT2D eigenvalue weighted by atomic mass is 79.9. The van der Waals surface area contributed by atoms with Crippen LogP contribution in [-0.2, 0) is 54.9 Å². The first-order valence-corrected chi connectivity index (χ1v) is 51.9. The summed E-state index contributed by atoms with van der Waals surface area (Å²) in [4.78, 5) is 81.5. The van der Waals surface area contributed by atoms with E-state index in [4.69, 9.17) is 17.3 Å². The molecule has 0 aliphatic rings. The monoisotopic (exact) mass is 2150 g/mol. The summed E-state index contributed by atoms with van der Waals surface area (Å²) >= 11 is 15.9. The van der Waals surface area contributed by atoms with Crippen molar-refractivity contribution in [3.8, 4) is 11.5 Å². The van der Waals surface area contributed by atoms with Crippen LogP contribution in [0.4, 0.5) is 29.1 Å². The van der Waals surface area contributed by atoms with Crippen molar-refractivity contribution in [3.63, 3.8) is 0 Å². The average molecular weight is 2160 g/mol. The first-order chi connectivity index (χ1) is 59.2. The Labute approximate surface area is 758 Å². The van der Waals surface area contributed by atoms with E-state index in [0.717, 1.165) is 89.5 Å². The van der Waals surface area contributed by atoms with Gasteiger partial charge in [-0.15, -0.1) is 25.9 Å². The molecule has 660 valence electrons. The number of hydrogen-bond donors (Lipinski definition) is 10. The van der Waals surface area contributed by atoms with Crippen LogP contribution in [-0.4, -0.2) is 233 Å². The van der Waals surface area contributed by atoms with E-state index in [0.29, 0.717) is 109 Å².